The number of ether oxygens (including phenoxy) is 1. The maximum absolute atomic E-state index is 8.71. The van der Waals surface area contributed by atoms with Crippen molar-refractivity contribution < 1.29 is 9.84 Å². The van der Waals surface area contributed by atoms with Crippen molar-refractivity contribution in [3.05, 3.63) is 12.3 Å². The standard InChI is InChI=1S/C7H14O2/c1-7(2,6-8)4-5-9-3/h4-5,8H,6H2,1-3H3/b5-4+. The van der Waals surface area contributed by atoms with E-state index in [-0.39, 0.29) is 12.0 Å². The molecule has 54 valence electrons. The van der Waals surface area contributed by atoms with Gasteiger partial charge in [-0.15, -0.1) is 0 Å². The van der Waals surface area contributed by atoms with Gasteiger partial charge in [0.2, 0.25) is 0 Å². The third-order valence-electron chi connectivity index (χ3n) is 1.06. The first-order valence-corrected chi connectivity index (χ1v) is 2.94. The minimum atomic E-state index is -0.157. The van der Waals surface area contributed by atoms with Crippen molar-refractivity contribution in [1.29, 1.82) is 0 Å². The van der Waals surface area contributed by atoms with Gasteiger partial charge >= 0.3 is 0 Å². The quantitative estimate of drug-likeness (QED) is 0.581. The van der Waals surface area contributed by atoms with Crippen molar-refractivity contribution in [2.45, 2.75) is 13.8 Å². The largest absolute Gasteiger partial charge is 0.505 e. The van der Waals surface area contributed by atoms with Crippen LogP contribution in [0.25, 0.3) is 0 Å². The molecular weight excluding hydrogens is 116 g/mol. The van der Waals surface area contributed by atoms with Gasteiger partial charge in [-0.2, -0.15) is 0 Å². The lowest BCUT2D eigenvalue weighted by molar-refractivity contribution is 0.195. The molecule has 0 aliphatic carbocycles. The predicted molar refractivity (Wildman–Crippen MR) is 37.0 cm³/mol. The molecule has 0 unspecified atom stereocenters. The SMILES string of the molecule is CO/C=C/C(C)(C)CO. The van der Waals surface area contributed by atoms with Gasteiger partial charge in [0, 0.05) is 5.41 Å². The van der Waals surface area contributed by atoms with E-state index in [4.69, 9.17) is 5.11 Å². The zero-order chi connectivity index (χ0) is 7.33. The van der Waals surface area contributed by atoms with Crippen LogP contribution in [0, 0.1) is 5.41 Å². The lowest BCUT2D eigenvalue weighted by atomic mass is 9.95. The molecule has 0 heterocycles. The third-order valence-corrected chi connectivity index (χ3v) is 1.06. The Balaban J connectivity index is 3.70. The summed E-state index contributed by atoms with van der Waals surface area (Å²) in [7, 11) is 1.59. The summed E-state index contributed by atoms with van der Waals surface area (Å²) in [5.74, 6) is 0. The summed E-state index contributed by atoms with van der Waals surface area (Å²) in [5, 5.41) is 8.71. The van der Waals surface area contributed by atoms with E-state index in [2.05, 4.69) is 4.74 Å². The molecule has 2 nitrogen and oxygen atoms in total. The van der Waals surface area contributed by atoms with Crippen LogP contribution in [-0.4, -0.2) is 18.8 Å². The molecule has 0 aromatic heterocycles. The second-order valence-corrected chi connectivity index (χ2v) is 2.69. The van der Waals surface area contributed by atoms with Crippen LogP contribution in [0.3, 0.4) is 0 Å². The van der Waals surface area contributed by atoms with Crippen molar-refractivity contribution >= 4 is 0 Å². The summed E-state index contributed by atoms with van der Waals surface area (Å²) in [5.41, 5.74) is -0.157. The highest BCUT2D eigenvalue weighted by Crippen LogP contribution is 2.14. The van der Waals surface area contributed by atoms with E-state index in [1.54, 1.807) is 13.4 Å². The second-order valence-electron chi connectivity index (χ2n) is 2.69. The van der Waals surface area contributed by atoms with Crippen LogP contribution in [0.1, 0.15) is 13.8 Å². The first-order valence-electron chi connectivity index (χ1n) is 2.94. The summed E-state index contributed by atoms with van der Waals surface area (Å²) in [6.07, 6.45) is 3.41. The number of hydrogen-bond donors (Lipinski definition) is 1. The van der Waals surface area contributed by atoms with Crippen molar-refractivity contribution in [3.8, 4) is 0 Å². The Labute approximate surface area is 56.1 Å². The van der Waals surface area contributed by atoms with Crippen LogP contribution in [0.4, 0.5) is 0 Å². The van der Waals surface area contributed by atoms with Crippen LogP contribution in [0.5, 0.6) is 0 Å². The van der Waals surface area contributed by atoms with Gasteiger partial charge < -0.3 is 9.84 Å². The highest BCUT2D eigenvalue weighted by atomic mass is 16.5. The Bertz CT molecular complexity index is 95.1. The van der Waals surface area contributed by atoms with E-state index in [9.17, 15) is 0 Å². The molecule has 2 heteroatoms. The number of aliphatic hydroxyl groups excluding tert-OH is 1. The van der Waals surface area contributed by atoms with E-state index < -0.39 is 0 Å². The van der Waals surface area contributed by atoms with Gasteiger partial charge in [0.05, 0.1) is 20.0 Å². The topological polar surface area (TPSA) is 29.5 Å². The monoisotopic (exact) mass is 130 g/mol. The Morgan fingerprint density at radius 2 is 2.11 bits per heavy atom. The molecule has 9 heavy (non-hydrogen) atoms. The van der Waals surface area contributed by atoms with Gasteiger partial charge in [-0.3, -0.25) is 0 Å². The van der Waals surface area contributed by atoms with E-state index in [1.807, 2.05) is 19.9 Å². The van der Waals surface area contributed by atoms with Gasteiger partial charge in [-0.05, 0) is 6.08 Å². The maximum atomic E-state index is 8.71. The number of rotatable bonds is 3. The van der Waals surface area contributed by atoms with Crippen LogP contribution >= 0.6 is 0 Å². The Hall–Kier alpha value is -0.500. The lowest BCUT2D eigenvalue weighted by Crippen LogP contribution is -2.12. The van der Waals surface area contributed by atoms with Gasteiger partial charge in [-0.25, -0.2) is 0 Å². The smallest absolute Gasteiger partial charge is 0.0790 e. The molecule has 0 saturated heterocycles. The van der Waals surface area contributed by atoms with E-state index >= 15 is 0 Å². The molecule has 0 aliphatic rings. The summed E-state index contributed by atoms with van der Waals surface area (Å²) >= 11 is 0. The zero-order valence-corrected chi connectivity index (χ0v) is 6.22. The normalized spacial score (nSPS) is 12.4. The average Bonchev–Trinajstić information content (AvgIpc) is 1.84. The zero-order valence-electron chi connectivity index (χ0n) is 6.22. The summed E-state index contributed by atoms with van der Waals surface area (Å²) < 4.78 is 4.69. The molecule has 1 N–H and O–H groups in total. The fourth-order valence-corrected chi connectivity index (χ4v) is 0.305. The molecule has 0 radical (unpaired) electrons. The molecule has 0 amide bonds. The summed E-state index contributed by atoms with van der Waals surface area (Å²) in [6.45, 7) is 4.01. The van der Waals surface area contributed by atoms with E-state index in [0.29, 0.717) is 0 Å². The minimum absolute atomic E-state index is 0.146. The van der Waals surface area contributed by atoms with Crippen molar-refractivity contribution in [2.24, 2.45) is 5.41 Å². The maximum Gasteiger partial charge on any atom is 0.0790 e. The molecule has 0 saturated carbocycles. The van der Waals surface area contributed by atoms with Crippen molar-refractivity contribution in [1.82, 2.24) is 0 Å². The van der Waals surface area contributed by atoms with Gasteiger partial charge in [0.25, 0.3) is 0 Å². The molecule has 0 aliphatic heterocycles. The molecule has 0 rings (SSSR count). The summed E-state index contributed by atoms with van der Waals surface area (Å²) in [6, 6.07) is 0. The Morgan fingerprint density at radius 1 is 1.56 bits per heavy atom. The molecule has 0 aromatic carbocycles. The van der Waals surface area contributed by atoms with Crippen LogP contribution in [0.2, 0.25) is 0 Å². The number of aliphatic hydroxyl groups is 1. The average molecular weight is 130 g/mol. The Morgan fingerprint density at radius 3 is 2.44 bits per heavy atom. The summed E-state index contributed by atoms with van der Waals surface area (Å²) in [4.78, 5) is 0. The highest BCUT2D eigenvalue weighted by molar-refractivity contribution is 4.89. The molecule has 0 bridgehead atoms. The first-order chi connectivity index (χ1) is 4.12. The second kappa shape index (κ2) is 3.51. The van der Waals surface area contributed by atoms with E-state index in [0.717, 1.165) is 0 Å². The van der Waals surface area contributed by atoms with Crippen LogP contribution in [-0.2, 0) is 4.74 Å². The minimum Gasteiger partial charge on any atom is -0.505 e. The fourth-order valence-electron chi connectivity index (χ4n) is 0.305. The molecule has 0 atom stereocenters. The van der Waals surface area contributed by atoms with Crippen molar-refractivity contribution in [2.75, 3.05) is 13.7 Å². The highest BCUT2D eigenvalue weighted by Gasteiger charge is 2.10. The van der Waals surface area contributed by atoms with Crippen LogP contribution in [0.15, 0.2) is 12.3 Å². The molecule has 0 spiro atoms. The lowest BCUT2D eigenvalue weighted by Gasteiger charge is -2.14. The Kier molecular flexibility index (Phi) is 3.32. The molecular formula is C7H14O2. The molecule has 0 aromatic rings. The van der Waals surface area contributed by atoms with Gasteiger partial charge in [0.15, 0.2) is 0 Å². The molecule has 0 fully saturated rings. The number of methoxy groups -OCH3 is 1. The van der Waals surface area contributed by atoms with Gasteiger partial charge in [0.1, 0.15) is 0 Å². The number of hydrogen-bond acceptors (Lipinski definition) is 2. The first kappa shape index (κ1) is 8.50. The van der Waals surface area contributed by atoms with Crippen LogP contribution < -0.4 is 0 Å². The van der Waals surface area contributed by atoms with Gasteiger partial charge in [-0.1, -0.05) is 13.8 Å². The van der Waals surface area contributed by atoms with Crippen molar-refractivity contribution in [3.63, 3.8) is 0 Å². The third kappa shape index (κ3) is 4.03. The fraction of sp³-hybridized carbons (Fsp3) is 0.714. The van der Waals surface area contributed by atoms with E-state index in [1.165, 1.54) is 0 Å². The predicted octanol–water partition coefficient (Wildman–Crippen LogP) is 1.16.